The van der Waals surface area contributed by atoms with Crippen LogP contribution in [0.1, 0.15) is 40.4 Å². The summed E-state index contributed by atoms with van der Waals surface area (Å²) in [6.45, 7) is 0.535. The van der Waals surface area contributed by atoms with Gasteiger partial charge in [0.2, 0.25) is 0 Å². The predicted octanol–water partition coefficient (Wildman–Crippen LogP) is 1.51. The number of carbonyl (C=O) groups is 1. The molecule has 0 atom stereocenters. The van der Waals surface area contributed by atoms with E-state index in [4.69, 9.17) is 10.5 Å². The van der Waals surface area contributed by atoms with Gasteiger partial charge in [0.25, 0.3) is 5.91 Å². The highest BCUT2D eigenvalue weighted by Crippen LogP contribution is 2.37. The summed E-state index contributed by atoms with van der Waals surface area (Å²) in [5.74, 6) is 0.378. The lowest BCUT2D eigenvalue weighted by Gasteiger charge is -2.32. The van der Waals surface area contributed by atoms with Crippen molar-refractivity contribution in [2.45, 2.75) is 31.3 Å². The zero-order valence-electron chi connectivity index (χ0n) is 14.0. The lowest BCUT2D eigenvalue weighted by molar-refractivity contribution is 0.0746. The second-order valence-electron chi connectivity index (χ2n) is 6.54. The highest BCUT2D eigenvalue weighted by molar-refractivity contribution is 6.10. The van der Waals surface area contributed by atoms with Gasteiger partial charge < -0.3 is 20.5 Å². The van der Waals surface area contributed by atoms with E-state index in [9.17, 15) is 9.90 Å². The molecule has 1 saturated carbocycles. The van der Waals surface area contributed by atoms with Gasteiger partial charge in [0.05, 0.1) is 18.9 Å². The Morgan fingerprint density at radius 3 is 2.60 bits per heavy atom. The molecule has 0 spiro atoms. The number of amides is 1. The summed E-state index contributed by atoms with van der Waals surface area (Å²) >= 11 is 0. The van der Waals surface area contributed by atoms with E-state index in [1.807, 2.05) is 24.3 Å². The van der Waals surface area contributed by atoms with Crippen molar-refractivity contribution in [2.75, 3.05) is 24.3 Å². The molecule has 0 radical (unpaired) electrons. The summed E-state index contributed by atoms with van der Waals surface area (Å²) in [6, 6.07) is 8.14. The van der Waals surface area contributed by atoms with Crippen molar-refractivity contribution >= 4 is 17.4 Å². The smallest absolute Gasteiger partial charge is 0.318 e. The van der Waals surface area contributed by atoms with Gasteiger partial charge in [-0.05, 0) is 36.5 Å². The first-order valence-electron chi connectivity index (χ1n) is 8.37. The number of nitrogens with two attached hydrogens (primary N) is 1. The zero-order chi connectivity index (χ0) is 17.6. The van der Waals surface area contributed by atoms with Crippen molar-refractivity contribution in [3.05, 3.63) is 41.1 Å². The Kier molecular flexibility index (Phi) is 3.80. The molecule has 0 unspecified atom stereocenters. The van der Waals surface area contributed by atoms with E-state index < -0.39 is 0 Å². The average molecular weight is 340 g/mol. The molecular weight excluding hydrogens is 320 g/mol. The maximum atomic E-state index is 12.9. The largest absolute Gasteiger partial charge is 0.467 e. The normalized spacial score (nSPS) is 22.3. The number of fused-ring (bicyclic) bond motifs is 1. The fourth-order valence-corrected chi connectivity index (χ4v) is 3.50. The summed E-state index contributed by atoms with van der Waals surface area (Å²) in [7, 11) is 1.47. The van der Waals surface area contributed by atoms with Crippen molar-refractivity contribution in [1.82, 2.24) is 9.97 Å². The second kappa shape index (κ2) is 6.00. The molecule has 3 N–H and O–H groups in total. The number of anilines is 2. The number of aromatic nitrogens is 2. The van der Waals surface area contributed by atoms with Gasteiger partial charge in [-0.25, -0.2) is 0 Å². The molecule has 2 aliphatic rings. The number of rotatable bonds is 3. The van der Waals surface area contributed by atoms with Crippen molar-refractivity contribution in [3.63, 3.8) is 0 Å². The van der Waals surface area contributed by atoms with Crippen molar-refractivity contribution in [2.24, 2.45) is 0 Å². The molecule has 1 aliphatic heterocycles. The Balaban J connectivity index is 1.59. The topological polar surface area (TPSA) is 102 Å². The first kappa shape index (κ1) is 15.8. The molecule has 1 amide bonds. The number of carbonyl (C=O) groups excluding carboxylic acids is 1. The number of nitrogens with zero attached hydrogens (tertiary/aromatic N) is 3. The summed E-state index contributed by atoms with van der Waals surface area (Å²) in [6.07, 6.45) is 2.04. The highest BCUT2D eigenvalue weighted by Gasteiger charge is 2.31. The molecule has 2 aromatic rings. The molecule has 7 nitrogen and oxygen atoms in total. The molecule has 0 bridgehead atoms. The number of benzene rings is 1. The van der Waals surface area contributed by atoms with E-state index in [0.717, 1.165) is 18.5 Å². The molecule has 1 fully saturated rings. The minimum absolute atomic E-state index is 0.150. The van der Waals surface area contributed by atoms with Crippen LogP contribution in [-0.4, -0.2) is 40.7 Å². The number of ether oxygens (including phenoxy) is 1. The van der Waals surface area contributed by atoms with Crippen molar-refractivity contribution in [1.29, 1.82) is 0 Å². The summed E-state index contributed by atoms with van der Waals surface area (Å²) in [5.41, 5.74) is 8.97. The van der Waals surface area contributed by atoms with E-state index in [2.05, 4.69) is 9.97 Å². The fraction of sp³-hybridized carbons (Fsp3) is 0.389. The fourth-order valence-electron chi connectivity index (χ4n) is 3.50. The maximum absolute atomic E-state index is 12.9. The van der Waals surface area contributed by atoms with Crippen LogP contribution in [-0.2, 0) is 6.42 Å². The summed E-state index contributed by atoms with van der Waals surface area (Å²) in [5, 5.41) is 9.44. The quantitative estimate of drug-likeness (QED) is 0.878. The van der Waals surface area contributed by atoms with Gasteiger partial charge in [0, 0.05) is 18.7 Å². The van der Waals surface area contributed by atoms with Crippen molar-refractivity contribution < 1.29 is 14.6 Å². The van der Waals surface area contributed by atoms with Gasteiger partial charge in [-0.15, -0.1) is 0 Å². The van der Waals surface area contributed by atoms with Crippen LogP contribution in [0.5, 0.6) is 6.01 Å². The Bertz CT molecular complexity index is 816. The number of aliphatic hydroxyl groups excluding tert-OH is 1. The van der Waals surface area contributed by atoms with Crippen LogP contribution in [0.3, 0.4) is 0 Å². The highest BCUT2D eigenvalue weighted by atomic mass is 16.5. The number of nitrogen functional groups attached to an aromatic ring is 1. The molecule has 0 saturated heterocycles. The number of hydrogen-bond acceptors (Lipinski definition) is 6. The second-order valence-corrected chi connectivity index (χ2v) is 6.54. The van der Waals surface area contributed by atoms with Gasteiger partial charge in [-0.1, -0.05) is 12.1 Å². The van der Waals surface area contributed by atoms with E-state index in [-0.39, 0.29) is 23.8 Å². The SMILES string of the molecule is COc1nc(N)c2c(n1)CCN(c1ccc([C@H]3C[C@H](O)C3)cc1)C2=O. The molecule has 1 aromatic heterocycles. The Morgan fingerprint density at radius 1 is 1.24 bits per heavy atom. The third-order valence-electron chi connectivity index (χ3n) is 4.99. The summed E-state index contributed by atoms with van der Waals surface area (Å²) < 4.78 is 5.02. The summed E-state index contributed by atoms with van der Waals surface area (Å²) in [4.78, 5) is 22.8. The molecule has 1 aromatic carbocycles. The van der Waals surface area contributed by atoms with Crippen LogP contribution in [0, 0.1) is 0 Å². The molecule has 1 aliphatic carbocycles. The molecule has 7 heteroatoms. The third kappa shape index (κ3) is 2.70. The standard InChI is InChI=1S/C18H20N4O3/c1-25-18-20-14-6-7-22(17(24)15(14)16(19)21-18)12-4-2-10(3-5-12)11-8-13(23)9-11/h2-5,11,13,23H,6-9H2,1H3,(H2,19,20,21)/t11-,13-. The van der Waals surface area contributed by atoms with Gasteiger partial charge in [-0.2, -0.15) is 9.97 Å². The average Bonchev–Trinajstić information content (AvgIpc) is 2.59. The van der Waals surface area contributed by atoms with Crippen LogP contribution in [0.15, 0.2) is 24.3 Å². The maximum Gasteiger partial charge on any atom is 0.318 e. The molecule has 4 rings (SSSR count). The molecule has 130 valence electrons. The van der Waals surface area contributed by atoms with E-state index in [1.165, 1.54) is 12.7 Å². The van der Waals surface area contributed by atoms with Crippen LogP contribution in [0.25, 0.3) is 0 Å². The van der Waals surface area contributed by atoms with Gasteiger partial charge in [0.1, 0.15) is 11.4 Å². The first-order valence-corrected chi connectivity index (χ1v) is 8.37. The van der Waals surface area contributed by atoms with Gasteiger partial charge >= 0.3 is 6.01 Å². The van der Waals surface area contributed by atoms with E-state index in [0.29, 0.717) is 30.1 Å². The molecular formula is C18H20N4O3. The van der Waals surface area contributed by atoms with Crippen LogP contribution in [0.2, 0.25) is 0 Å². The predicted molar refractivity (Wildman–Crippen MR) is 92.8 cm³/mol. The van der Waals surface area contributed by atoms with E-state index >= 15 is 0 Å². The van der Waals surface area contributed by atoms with Crippen LogP contribution < -0.4 is 15.4 Å². The van der Waals surface area contributed by atoms with Gasteiger partial charge in [-0.3, -0.25) is 4.79 Å². The van der Waals surface area contributed by atoms with E-state index in [1.54, 1.807) is 4.90 Å². The van der Waals surface area contributed by atoms with Crippen LogP contribution >= 0.6 is 0 Å². The number of methoxy groups -OCH3 is 1. The monoisotopic (exact) mass is 340 g/mol. The lowest BCUT2D eigenvalue weighted by atomic mass is 9.77. The minimum Gasteiger partial charge on any atom is -0.467 e. The third-order valence-corrected chi connectivity index (χ3v) is 4.99. The first-order chi connectivity index (χ1) is 12.1. The van der Waals surface area contributed by atoms with Crippen molar-refractivity contribution in [3.8, 4) is 6.01 Å². The van der Waals surface area contributed by atoms with Crippen LogP contribution in [0.4, 0.5) is 11.5 Å². The molecule has 25 heavy (non-hydrogen) atoms. The lowest BCUT2D eigenvalue weighted by Crippen LogP contribution is -2.39. The molecule has 2 heterocycles. The number of hydrogen-bond donors (Lipinski definition) is 2. The Labute approximate surface area is 145 Å². The van der Waals surface area contributed by atoms with Gasteiger partial charge in [0.15, 0.2) is 0 Å². The Morgan fingerprint density at radius 2 is 1.96 bits per heavy atom. The zero-order valence-corrected chi connectivity index (χ0v) is 14.0. The minimum atomic E-state index is -0.187. The Hall–Kier alpha value is -2.67. The number of aliphatic hydroxyl groups is 1.